The van der Waals surface area contributed by atoms with Crippen LogP contribution in [0.5, 0.6) is 5.75 Å². The van der Waals surface area contributed by atoms with Crippen LogP contribution in [-0.4, -0.2) is 18.9 Å². The van der Waals surface area contributed by atoms with Crippen molar-refractivity contribution in [2.45, 2.75) is 6.92 Å². The molecule has 0 aliphatic heterocycles. The number of anilines is 1. The average Bonchev–Trinajstić information content (AvgIpc) is 2.49. The summed E-state index contributed by atoms with van der Waals surface area (Å²) in [6.07, 6.45) is 0. The molecular weight excluding hydrogens is 268 g/mol. The van der Waals surface area contributed by atoms with Gasteiger partial charge in [0.2, 0.25) is 5.91 Å². The van der Waals surface area contributed by atoms with Gasteiger partial charge in [-0.1, -0.05) is 6.07 Å². The van der Waals surface area contributed by atoms with Crippen LogP contribution in [0, 0.1) is 6.92 Å². The van der Waals surface area contributed by atoms with Gasteiger partial charge in [-0.05, 0) is 48.9 Å². The van der Waals surface area contributed by atoms with Crippen molar-refractivity contribution in [1.29, 1.82) is 0 Å². The van der Waals surface area contributed by atoms with Gasteiger partial charge < -0.3 is 15.8 Å². The van der Waals surface area contributed by atoms with Crippen LogP contribution in [0.3, 0.4) is 0 Å². The largest absolute Gasteiger partial charge is 0.497 e. The molecule has 0 unspecified atom stereocenters. The van der Waals surface area contributed by atoms with Gasteiger partial charge >= 0.3 is 0 Å². The molecule has 0 radical (unpaired) electrons. The van der Waals surface area contributed by atoms with Crippen molar-refractivity contribution in [3.8, 4) is 5.75 Å². The van der Waals surface area contributed by atoms with Gasteiger partial charge in [-0.2, -0.15) is 0 Å². The number of nitrogens with two attached hydrogens (primary N) is 1. The second-order valence-electron chi connectivity index (χ2n) is 4.53. The minimum Gasteiger partial charge on any atom is -0.497 e. The minimum atomic E-state index is -0.520. The van der Waals surface area contributed by atoms with Gasteiger partial charge in [-0.25, -0.2) is 0 Å². The number of primary amides is 1. The van der Waals surface area contributed by atoms with E-state index in [1.807, 2.05) is 0 Å². The second kappa shape index (κ2) is 6.09. The predicted octanol–water partition coefficient (Wildman–Crippen LogP) is 2.35. The molecule has 21 heavy (non-hydrogen) atoms. The van der Waals surface area contributed by atoms with Crippen LogP contribution in [-0.2, 0) is 0 Å². The van der Waals surface area contributed by atoms with E-state index in [1.54, 1.807) is 56.5 Å². The lowest BCUT2D eigenvalue weighted by Gasteiger charge is -2.11. The number of hydrogen-bond acceptors (Lipinski definition) is 3. The monoisotopic (exact) mass is 284 g/mol. The number of ether oxygens (including phenoxy) is 1. The Hall–Kier alpha value is -2.82. The Morgan fingerprint density at radius 1 is 1.10 bits per heavy atom. The fourth-order valence-electron chi connectivity index (χ4n) is 1.97. The van der Waals surface area contributed by atoms with Crippen LogP contribution in [0.15, 0.2) is 42.5 Å². The molecule has 2 aromatic carbocycles. The first-order chi connectivity index (χ1) is 10.0. The number of hydrogen-bond donors (Lipinski definition) is 2. The van der Waals surface area contributed by atoms with E-state index in [0.29, 0.717) is 28.1 Å². The Labute approximate surface area is 122 Å². The van der Waals surface area contributed by atoms with Gasteiger partial charge in [0, 0.05) is 16.8 Å². The van der Waals surface area contributed by atoms with Crippen LogP contribution < -0.4 is 15.8 Å². The zero-order valence-corrected chi connectivity index (χ0v) is 11.8. The van der Waals surface area contributed by atoms with Gasteiger partial charge in [0.05, 0.1) is 7.11 Å². The van der Waals surface area contributed by atoms with E-state index in [-0.39, 0.29) is 5.91 Å². The zero-order chi connectivity index (χ0) is 15.4. The summed E-state index contributed by atoms with van der Waals surface area (Å²) in [6, 6.07) is 11.8. The van der Waals surface area contributed by atoms with Gasteiger partial charge in [-0.15, -0.1) is 0 Å². The molecule has 0 fully saturated rings. The molecule has 2 amide bonds. The number of methoxy groups -OCH3 is 1. The minimum absolute atomic E-state index is 0.262. The van der Waals surface area contributed by atoms with E-state index in [0.717, 1.165) is 0 Å². The van der Waals surface area contributed by atoms with E-state index < -0.39 is 5.91 Å². The average molecular weight is 284 g/mol. The third-order valence-corrected chi connectivity index (χ3v) is 3.20. The molecule has 0 aromatic heterocycles. The Morgan fingerprint density at radius 2 is 1.76 bits per heavy atom. The maximum Gasteiger partial charge on any atom is 0.255 e. The van der Waals surface area contributed by atoms with E-state index >= 15 is 0 Å². The van der Waals surface area contributed by atoms with E-state index in [2.05, 4.69) is 5.32 Å². The quantitative estimate of drug-likeness (QED) is 0.904. The third-order valence-electron chi connectivity index (χ3n) is 3.20. The van der Waals surface area contributed by atoms with Crippen molar-refractivity contribution in [3.63, 3.8) is 0 Å². The first-order valence-corrected chi connectivity index (χ1v) is 6.37. The molecule has 0 spiro atoms. The fraction of sp³-hybridized carbons (Fsp3) is 0.125. The first kappa shape index (κ1) is 14.6. The molecule has 0 bridgehead atoms. The zero-order valence-electron chi connectivity index (χ0n) is 11.8. The third kappa shape index (κ3) is 3.20. The lowest BCUT2D eigenvalue weighted by Crippen LogP contribution is -2.16. The smallest absolute Gasteiger partial charge is 0.255 e. The van der Waals surface area contributed by atoms with Crippen LogP contribution in [0.1, 0.15) is 26.3 Å². The molecule has 3 N–H and O–H groups in total. The summed E-state index contributed by atoms with van der Waals surface area (Å²) in [5.74, 6) is -0.103. The molecule has 2 rings (SSSR count). The summed E-state index contributed by atoms with van der Waals surface area (Å²) in [7, 11) is 1.56. The van der Waals surface area contributed by atoms with Crippen molar-refractivity contribution < 1.29 is 14.3 Å². The summed E-state index contributed by atoms with van der Waals surface area (Å²) in [5.41, 5.74) is 7.39. The highest BCUT2D eigenvalue weighted by Gasteiger charge is 2.12. The van der Waals surface area contributed by atoms with E-state index in [4.69, 9.17) is 10.5 Å². The van der Waals surface area contributed by atoms with Gasteiger partial charge in [-0.3, -0.25) is 9.59 Å². The molecule has 0 aliphatic carbocycles. The number of rotatable bonds is 4. The maximum absolute atomic E-state index is 12.2. The summed E-state index contributed by atoms with van der Waals surface area (Å²) in [5, 5.41) is 2.77. The summed E-state index contributed by atoms with van der Waals surface area (Å²) >= 11 is 0. The van der Waals surface area contributed by atoms with Gasteiger partial charge in [0.15, 0.2) is 0 Å². The lowest BCUT2D eigenvalue weighted by molar-refractivity contribution is 0.0995. The van der Waals surface area contributed by atoms with Gasteiger partial charge in [0.1, 0.15) is 5.75 Å². The summed E-state index contributed by atoms with van der Waals surface area (Å²) < 4.78 is 5.05. The van der Waals surface area contributed by atoms with Crippen molar-refractivity contribution in [2.75, 3.05) is 12.4 Å². The Morgan fingerprint density at radius 3 is 2.33 bits per heavy atom. The molecule has 5 nitrogen and oxygen atoms in total. The van der Waals surface area contributed by atoms with Crippen LogP contribution in [0.4, 0.5) is 5.69 Å². The first-order valence-electron chi connectivity index (χ1n) is 6.37. The number of carbonyl (C=O) groups excluding carboxylic acids is 2. The topological polar surface area (TPSA) is 81.4 Å². The van der Waals surface area contributed by atoms with Crippen molar-refractivity contribution >= 4 is 17.5 Å². The van der Waals surface area contributed by atoms with Crippen LogP contribution in [0.25, 0.3) is 0 Å². The molecule has 0 saturated heterocycles. The Kier molecular flexibility index (Phi) is 4.23. The highest BCUT2D eigenvalue weighted by atomic mass is 16.5. The van der Waals surface area contributed by atoms with Gasteiger partial charge in [0.25, 0.3) is 5.91 Å². The van der Waals surface area contributed by atoms with Crippen molar-refractivity contribution in [3.05, 3.63) is 59.2 Å². The highest BCUT2D eigenvalue weighted by Crippen LogP contribution is 2.20. The maximum atomic E-state index is 12.2. The Bertz CT molecular complexity index is 678. The van der Waals surface area contributed by atoms with E-state index in [9.17, 15) is 9.59 Å². The second-order valence-corrected chi connectivity index (χ2v) is 4.53. The molecule has 2 aromatic rings. The number of nitrogens with one attached hydrogen (secondary N) is 1. The van der Waals surface area contributed by atoms with Crippen molar-refractivity contribution in [2.24, 2.45) is 5.73 Å². The standard InChI is InChI=1S/C16H16N2O3/c1-10-13(15(17)19)4-3-5-14(10)18-16(20)11-6-8-12(21-2)9-7-11/h3-9H,1-2H3,(H2,17,19)(H,18,20). The molecule has 0 atom stereocenters. The number of benzene rings is 2. The number of amides is 2. The fourth-order valence-corrected chi connectivity index (χ4v) is 1.97. The molecule has 0 aliphatic rings. The van der Waals surface area contributed by atoms with Crippen LogP contribution >= 0.6 is 0 Å². The lowest BCUT2D eigenvalue weighted by atomic mass is 10.1. The summed E-state index contributed by atoms with van der Waals surface area (Å²) in [6.45, 7) is 1.74. The SMILES string of the molecule is COc1ccc(C(=O)Nc2cccc(C(N)=O)c2C)cc1. The molecule has 5 heteroatoms. The predicted molar refractivity (Wildman–Crippen MR) is 80.6 cm³/mol. The normalized spacial score (nSPS) is 10.0. The Balaban J connectivity index is 2.23. The molecular formula is C16H16N2O3. The number of carbonyl (C=O) groups is 2. The highest BCUT2D eigenvalue weighted by molar-refractivity contribution is 6.06. The van der Waals surface area contributed by atoms with Crippen LogP contribution in [0.2, 0.25) is 0 Å². The van der Waals surface area contributed by atoms with E-state index in [1.165, 1.54) is 0 Å². The molecule has 0 heterocycles. The molecule has 0 saturated carbocycles. The summed E-state index contributed by atoms with van der Waals surface area (Å²) in [4.78, 5) is 23.5. The van der Waals surface area contributed by atoms with Crippen molar-refractivity contribution in [1.82, 2.24) is 0 Å². The molecule has 108 valence electrons.